The van der Waals surface area contributed by atoms with Crippen molar-refractivity contribution >= 4 is 12.4 Å². The summed E-state index contributed by atoms with van der Waals surface area (Å²) in [6.45, 7) is -4.98. The van der Waals surface area contributed by atoms with Gasteiger partial charge in [-0.1, -0.05) is 17.1 Å². The summed E-state index contributed by atoms with van der Waals surface area (Å²) >= 11 is 0. The van der Waals surface area contributed by atoms with Crippen molar-refractivity contribution in [2.24, 2.45) is 0 Å². The zero-order chi connectivity index (χ0) is 11.1. The van der Waals surface area contributed by atoms with Crippen molar-refractivity contribution in [1.29, 1.82) is 0 Å². The molecule has 0 N–H and O–H groups in total. The average molecular weight is 215 g/mol. The predicted octanol–water partition coefficient (Wildman–Crippen LogP) is 2.24. The van der Waals surface area contributed by atoms with Crippen molar-refractivity contribution in [1.82, 2.24) is 0 Å². The lowest BCUT2D eigenvalue weighted by Crippen LogP contribution is -2.38. The van der Waals surface area contributed by atoms with Gasteiger partial charge < -0.3 is 17.7 Å². The van der Waals surface area contributed by atoms with Gasteiger partial charge in [0.15, 0.2) is 0 Å². The Kier molecular flexibility index (Phi) is 2.40. The van der Waals surface area contributed by atoms with E-state index in [9.17, 15) is 12.9 Å². The van der Waals surface area contributed by atoms with Crippen LogP contribution >= 0.6 is 0 Å². The van der Waals surface area contributed by atoms with E-state index in [4.69, 9.17) is 4.74 Å². The molecule has 0 amide bonds. The molecule has 2 rings (SSSR count). The Hall–Kier alpha value is -1.13. The Morgan fingerprint density at radius 2 is 1.93 bits per heavy atom. The van der Waals surface area contributed by atoms with E-state index in [0.29, 0.717) is 12.0 Å². The topological polar surface area (TPSA) is 9.23 Å². The fourth-order valence-electron chi connectivity index (χ4n) is 2.21. The first kappa shape index (κ1) is 10.4. The van der Waals surface area contributed by atoms with Gasteiger partial charge in [-0.3, -0.25) is 0 Å². The number of benzene rings is 1. The molecule has 1 aliphatic rings. The predicted molar refractivity (Wildman–Crippen MR) is 53.7 cm³/mol. The molecular formula is C10H11BF3O-. The number of hydrogen-bond donors (Lipinski definition) is 0. The summed E-state index contributed by atoms with van der Waals surface area (Å²) in [6, 6.07) is 3.17. The van der Waals surface area contributed by atoms with Crippen molar-refractivity contribution in [2.75, 3.05) is 7.11 Å². The third-order valence-corrected chi connectivity index (χ3v) is 2.83. The molecular weight excluding hydrogens is 204 g/mol. The quantitative estimate of drug-likeness (QED) is 0.687. The third kappa shape index (κ3) is 1.71. The maximum Gasteiger partial charge on any atom is 0.513 e. The average Bonchev–Trinajstić information content (AvgIpc) is 2.61. The molecule has 0 unspecified atom stereocenters. The Balaban J connectivity index is 2.63. The normalized spacial score (nSPS) is 15.2. The number of aryl methyl sites for hydroxylation is 1. The molecule has 0 saturated heterocycles. The van der Waals surface area contributed by atoms with Gasteiger partial charge in [-0.25, -0.2) is 0 Å². The molecule has 0 radical (unpaired) electrons. The number of rotatable bonds is 2. The van der Waals surface area contributed by atoms with Crippen LogP contribution in [0.3, 0.4) is 0 Å². The van der Waals surface area contributed by atoms with Crippen LogP contribution < -0.4 is 10.2 Å². The Labute approximate surface area is 86.3 Å². The van der Waals surface area contributed by atoms with Gasteiger partial charge in [0.1, 0.15) is 0 Å². The van der Waals surface area contributed by atoms with E-state index in [1.165, 1.54) is 13.2 Å². The van der Waals surface area contributed by atoms with Gasteiger partial charge in [-0.05, 0) is 30.9 Å². The smallest absolute Gasteiger partial charge is 0.500 e. The first-order chi connectivity index (χ1) is 7.04. The van der Waals surface area contributed by atoms with E-state index in [1.807, 2.05) is 0 Å². The number of fused-ring (bicyclic) bond motifs is 1. The lowest BCUT2D eigenvalue weighted by atomic mass is 9.75. The summed E-state index contributed by atoms with van der Waals surface area (Å²) in [5.74, 6) is -0.0387. The summed E-state index contributed by atoms with van der Waals surface area (Å²) in [5.41, 5.74) is 0.749. The van der Waals surface area contributed by atoms with Crippen molar-refractivity contribution in [3.05, 3.63) is 23.3 Å². The van der Waals surface area contributed by atoms with E-state index in [-0.39, 0.29) is 5.75 Å². The van der Waals surface area contributed by atoms with Crippen LogP contribution in [0.25, 0.3) is 0 Å². The first-order valence-corrected chi connectivity index (χ1v) is 4.92. The molecule has 0 bridgehead atoms. The zero-order valence-corrected chi connectivity index (χ0v) is 8.40. The molecule has 0 fully saturated rings. The zero-order valence-electron chi connectivity index (χ0n) is 8.40. The molecule has 0 saturated carbocycles. The molecule has 1 nitrogen and oxygen atoms in total. The van der Waals surface area contributed by atoms with Gasteiger partial charge >= 0.3 is 6.98 Å². The molecule has 0 aromatic heterocycles. The molecule has 0 aliphatic heterocycles. The molecule has 0 heterocycles. The standard InChI is InChI=1S/C10H11BF3O/c1-15-9-6-5-7-3-2-4-8(7)10(9)11(12,13)14/h5-6H,2-4H2,1H3/q-1. The summed E-state index contributed by atoms with van der Waals surface area (Å²) in [5, 5.41) is 0. The van der Waals surface area contributed by atoms with Crippen LogP contribution in [0.2, 0.25) is 0 Å². The van der Waals surface area contributed by atoms with Crippen LogP contribution in [0, 0.1) is 0 Å². The van der Waals surface area contributed by atoms with Crippen LogP contribution in [0.4, 0.5) is 12.9 Å². The fourth-order valence-corrected chi connectivity index (χ4v) is 2.21. The minimum absolute atomic E-state index is 0.0387. The van der Waals surface area contributed by atoms with Gasteiger partial charge in [-0.2, -0.15) is 0 Å². The van der Waals surface area contributed by atoms with Crippen LogP contribution in [-0.2, 0) is 12.8 Å². The molecule has 5 heteroatoms. The van der Waals surface area contributed by atoms with Crippen molar-refractivity contribution in [3.8, 4) is 5.75 Å². The van der Waals surface area contributed by atoms with E-state index in [1.54, 1.807) is 6.07 Å². The van der Waals surface area contributed by atoms with Crippen LogP contribution in [0.15, 0.2) is 12.1 Å². The second-order valence-corrected chi connectivity index (χ2v) is 3.75. The highest BCUT2D eigenvalue weighted by molar-refractivity contribution is 6.75. The largest absolute Gasteiger partial charge is 0.513 e. The van der Waals surface area contributed by atoms with Gasteiger partial charge in [0.05, 0.1) is 12.9 Å². The Bertz CT molecular complexity index is 387. The maximum absolute atomic E-state index is 12.9. The molecule has 82 valence electrons. The minimum atomic E-state index is -4.98. The lowest BCUT2D eigenvalue weighted by molar-refractivity contribution is 0.412. The minimum Gasteiger partial charge on any atom is -0.500 e. The van der Waals surface area contributed by atoms with Crippen molar-refractivity contribution in [2.45, 2.75) is 19.3 Å². The maximum atomic E-state index is 12.9. The molecule has 0 atom stereocenters. The van der Waals surface area contributed by atoms with Gasteiger partial charge in [0.25, 0.3) is 0 Å². The highest BCUT2D eigenvalue weighted by Crippen LogP contribution is 2.28. The van der Waals surface area contributed by atoms with E-state index in [2.05, 4.69) is 0 Å². The number of methoxy groups -OCH3 is 1. The Morgan fingerprint density at radius 1 is 1.20 bits per heavy atom. The third-order valence-electron chi connectivity index (χ3n) is 2.83. The number of halogens is 3. The molecule has 15 heavy (non-hydrogen) atoms. The van der Waals surface area contributed by atoms with Crippen LogP contribution in [-0.4, -0.2) is 14.1 Å². The second kappa shape index (κ2) is 3.47. The monoisotopic (exact) mass is 215 g/mol. The van der Waals surface area contributed by atoms with Gasteiger partial charge in [0.2, 0.25) is 0 Å². The number of hydrogen-bond acceptors (Lipinski definition) is 1. The highest BCUT2D eigenvalue weighted by Gasteiger charge is 2.33. The van der Waals surface area contributed by atoms with Crippen LogP contribution in [0.1, 0.15) is 17.5 Å². The second-order valence-electron chi connectivity index (χ2n) is 3.75. The lowest BCUT2D eigenvalue weighted by Gasteiger charge is -2.22. The molecule has 0 spiro atoms. The highest BCUT2D eigenvalue weighted by atomic mass is 19.4. The Morgan fingerprint density at radius 3 is 2.53 bits per heavy atom. The van der Waals surface area contributed by atoms with Crippen molar-refractivity contribution < 1.29 is 17.7 Å². The summed E-state index contributed by atoms with van der Waals surface area (Å²) in [6.07, 6.45) is 2.07. The summed E-state index contributed by atoms with van der Waals surface area (Å²) in [4.78, 5) is 0. The van der Waals surface area contributed by atoms with Gasteiger partial charge in [0, 0.05) is 0 Å². The SMILES string of the molecule is COc1ccc2c(c1[B-](F)(F)F)CCC2. The van der Waals surface area contributed by atoms with E-state index in [0.717, 1.165) is 18.4 Å². The van der Waals surface area contributed by atoms with Crippen molar-refractivity contribution in [3.63, 3.8) is 0 Å². The van der Waals surface area contributed by atoms with E-state index >= 15 is 0 Å². The van der Waals surface area contributed by atoms with E-state index < -0.39 is 12.4 Å². The van der Waals surface area contributed by atoms with Crippen LogP contribution in [0.5, 0.6) is 5.75 Å². The molecule has 1 aromatic carbocycles. The molecule has 1 aliphatic carbocycles. The molecule has 1 aromatic rings. The van der Waals surface area contributed by atoms with Gasteiger partial charge in [-0.15, -0.1) is 0 Å². The summed E-state index contributed by atoms with van der Waals surface area (Å²) < 4.78 is 43.4. The summed E-state index contributed by atoms with van der Waals surface area (Å²) in [7, 11) is 1.28. The first-order valence-electron chi connectivity index (χ1n) is 4.92. The fraction of sp³-hybridized carbons (Fsp3) is 0.400. The number of ether oxygens (including phenoxy) is 1.